The monoisotopic (exact) mass is 354 g/mol. The van der Waals surface area contributed by atoms with E-state index in [0.29, 0.717) is 10.9 Å². The summed E-state index contributed by atoms with van der Waals surface area (Å²) in [6, 6.07) is 8.02. The number of carbonyl (C=O) groups excluding carboxylic acids is 1. The summed E-state index contributed by atoms with van der Waals surface area (Å²) in [5.41, 5.74) is 1.11. The standard InChI is InChI=1S/C13H15BrN4OS/c1-2-11(9-3-5-10(14)6-4-9)17-12(19)7-20-13-15-8-16-18-13/h3-6,8,11H,2,7H2,1H3,(H,17,19)(H,15,16,18)/t11-/m0/s1. The van der Waals surface area contributed by atoms with Crippen LogP contribution in [0, 0.1) is 0 Å². The van der Waals surface area contributed by atoms with Crippen LogP contribution in [-0.4, -0.2) is 26.8 Å². The van der Waals surface area contributed by atoms with Crippen LogP contribution >= 0.6 is 27.7 Å². The van der Waals surface area contributed by atoms with Crippen molar-refractivity contribution in [3.8, 4) is 0 Å². The van der Waals surface area contributed by atoms with E-state index in [9.17, 15) is 4.79 Å². The zero-order chi connectivity index (χ0) is 14.4. The highest BCUT2D eigenvalue weighted by Gasteiger charge is 2.13. The van der Waals surface area contributed by atoms with E-state index in [2.05, 4.69) is 43.4 Å². The molecule has 1 aromatic carbocycles. The van der Waals surface area contributed by atoms with Crippen molar-refractivity contribution in [2.75, 3.05) is 5.75 Å². The Labute approximate surface area is 130 Å². The van der Waals surface area contributed by atoms with Gasteiger partial charge in [0.2, 0.25) is 5.91 Å². The minimum atomic E-state index is -0.0128. The summed E-state index contributed by atoms with van der Waals surface area (Å²) >= 11 is 4.74. The molecular weight excluding hydrogens is 340 g/mol. The van der Waals surface area contributed by atoms with Gasteiger partial charge >= 0.3 is 0 Å². The molecule has 1 amide bonds. The SMILES string of the molecule is CC[C@H](NC(=O)CSc1ncn[nH]1)c1ccc(Br)cc1. The van der Waals surface area contributed by atoms with Crippen LogP contribution in [0.4, 0.5) is 0 Å². The number of aromatic nitrogens is 3. The molecule has 2 rings (SSSR count). The van der Waals surface area contributed by atoms with Gasteiger partial charge in [-0.2, -0.15) is 5.10 Å². The van der Waals surface area contributed by atoms with Crippen LogP contribution in [0.1, 0.15) is 24.9 Å². The summed E-state index contributed by atoms with van der Waals surface area (Å²) in [5.74, 6) is 0.309. The van der Waals surface area contributed by atoms with Gasteiger partial charge in [0.1, 0.15) is 6.33 Å². The van der Waals surface area contributed by atoms with Gasteiger partial charge in [0.05, 0.1) is 11.8 Å². The van der Waals surface area contributed by atoms with Crippen molar-refractivity contribution >= 4 is 33.6 Å². The van der Waals surface area contributed by atoms with Crippen LogP contribution in [0.2, 0.25) is 0 Å². The zero-order valence-corrected chi connectivity index (χ0v) is 13.4. The Morgan fingerprint density at radius 1 is 1.45 bits per heavy atom. The molecule has 0 bridgehead atoms. The predicted molar refractivity (Wildman–Crippen MR) is 82.4 cm³/mol. The molecule has 106 valence electrons. The number of hydrogen-bond donors (Lipinski definition) is 2. The highest BCUT2D eigenvalue weighted by molar-refractivity contribution is 9.10. The third-order valence-electron chi connectivity index (χ3n) is 2.75. The Kier molecular flexibility index (Phi) is 5.60. The van der Waals surface area contributed by atoms with E-state index in [4.69, 9.17) is 0 Å². The molecule has 1 aromatic heterocycles. The summed E-state index contributed by atoms with van der Waals surface area (Å²) in [5, 5.41) is 10.1. The molecule has 7 heteroatoms. The number of nitrogens with one attached hydrogen (secondary N) is 2. The van der Waals surface area contributed by atoms with Crippen LogP contribution < -0.4 is 5.32 Å². The van der Waals surface area contributed by atoms with E-state index in [1.807, 2.05) is 24.3 Å². The maximum Gasteiger partial charge on any atom is 0.230 e. The van der Waals surface area contributed by atoms with Crippen molar-refractivity contribution in [3.05, 3.63) is 40.6 Å². The van der Waals surface area contributed by atoms with E-state index in [0.717, 1.165) is 16.5 Å². The number of halogens is 1. The summed E-state index contributed by atoms with van der Waals surface area (Å²) in [7, 11) is 0. The van der Waals surface area contributed by atoms with Crippen LogP contribution in [0.15, 0.2) is 40.2 Å². The van der Waals surface area contributed by atoms with Crippen molar-refractivity contribution in [2.24, 2.45) is 0 Å². The number of benzene rings is 1. The fourth-order valence-electron chi connectivity index (χ4n) is 1.75. The molecular formula is C13H15BrN4OS. The number of nitrogens with zero attached hydrogens (tertiary/aromatic N) is 2. The maximum absolute atomic E-state index is 11.9. The Morgan fingerprint density at radius 3 is 2.80 bits per heavy atom. The molecule has 0 aliphatic rings. The van der Waals surface area contributed by atoms with E-state index >= 15 is 0 Å². The van der Waals surface area contributed by atoms with Gasteiger partial charge in [-0.25, -0.2) is 4.98 Å². The van der Waals surface area contributed by atoms with Gasteiger partial charge in [-0.1, -0.05) is 46.7 Å². The molecule has 1 atom stereocenters. The van der Waals surface area contributed by atoms with Crippen molar-refractivity contribution in [3.63, 3.8) is 0 Å². The van der Waals surface area contributed by atoms with Crippen molar-refractivity contribution < 1.29 is 4.79 Å². The number of aromatic amines is 1. The molecule has 5 nitrogen and oxygen atoms in total. The molecule has 0 aliphatic heterocycles. The smallest absolute Gasteiger partial charge is 0.230 e. The fraction of sp³-hybridized carbons (Fsp3) is 0.308. The minimum absolute atomic E-state index is 0.0128. The zero-order valence-electron chi connectivity index (χ0n) is 11.0. The molecule has 0 saturated heterocycles. The number of hydrogen-bond acceptors (Lipinski definition) is 4. The van der Waals surface area contributed by atoms with Crippen LogP contribution in [0.5, 0.6) is 0 Å². The van der Waals surface area contributed by atoms with Crippen molar-refractivity contribution in [1.82, 2.24) is 20.5 Å². The lowest BCUT2D eigenvalue weighted by atomic mass is 10.0. The molecule has 0 saturated carbocycles. The van der Waals surface area contributed by atoms with E-state index in [1.165, 1.54) is 18.1 Å². The molecule has 0 radical (unpaired) electrons. The number of rotatable bonds is 6. The van der Waals surface area contributed by atoms with Gasteiger partial charge in [0.25, 0.3) is 0 Å². The lowest BCUT2D eigenvalue weighted by Crippen LogP contribution is -2.29. The molecule has 2 N–H and O–H groups in total. The molecule has 0 unspecified atom stereocenters. The normalized spacial score (nSPS) is 12.1. The second-order valence-corrected chi connectivity index (χ2v) is 6.04. The molecule has 1 heterocycles. The first-order valence-electron chi connectivity index (χ1n) is 6.22. The highest BCUT2D eigenvalue weighted by atomic mass is 79.9. The maximum atomic E-state index is 11.9. The largest absolute Gasteiger partial charge is 0.349 e. The number of thioether (sulfide) groups is 1. The van der Waals surface area contributed by atoms with Crippen LogP contribution in [0.25, 0.3) is 0 Å². The first-order valence-corrected chi connectivity index (χ1v) is 8.00. The molecule has 20 heavy (non-hydrogen) atoms. The molecule has 0 aliphatic carbocycles. The molecule has 0 spiro atoms. The van der Waals surface area contributed by atoms with Gasteiger partial charge in [0.15, 0.2) is 5.16 Å². The average Bonchev–Trinajstić information content (AvgIpc) is 2.97. The second kappa shape index (κ2) is 7.44. The number of amides is 1. The van der Waals surface area contributed by atoms with E-state index in [1.54, 1.807) is 0 Å². The second-order valence-electron chi connectivity index (χ2n) is 4.16. The number of H-pyrrole nitrogens is 1. The third kappa shape index (κ3) is 4.35. The van der Waals surface area contributed by atoms with E-state index in [-0.39, 0.29) is 11.9 Å². The predicted octanol–water partition coefficient (Wildman–Crippen LogP) is 2.93. The van der Waals surface area contributed by atoms with Gasteiger partial charge in [-0.3, -0.25) is 9.89 Å². The summed E-state index contributed by atoms with van der Waals surface area (Å²) in [6.07, 6.45) is 2.28. The van der Waals surface area contributed by atoms with E-state index < -0.39 is 0 Å². The first kappa shape index (κ1) is 15.1. The Balaban J connectivity index is 1.89. The Morgan fingerprint density at radius 2 is 2.20 bits per heavy atom. The summed E-state index contributed by atoms with van der Waals surface area (Å²) in [4.78, 5) is 15.9. The lowest BCUT2D eigenvalue weighted by molar-refractivity contribution is -0.119. The van der Waals surface area contributed by atoms with Crippen molar-refractivity contribution in [1.29, 1.82) is 0 Å². The molecule has 0 fully saturated rings. The summed E-state index contributed by atoms with van der Waals surface area (Å²) in [6.45, 7) is 2.05. The minimum Gasteiger partial charge on any atom is -0.349 e. The van der Waals surface area contributed by atoms with Gasteiger partial charge in [-0.15, -0.1) is 0 Å². The first-order chi connectivity index (χ1) is 9.69. The van der Waals surface area contributed by atoms with Gasteiger partial charge < -0.3 is 5.32 Å². The molecule has 2 aromatic rings. The summed E-state index contributed by atoms with van der Waals surface area (Å²) < 4.78 is 1.03. The highest BCUT2D eigenvalue weighted by Crippen LogP contribution is 2.20. The van der Waals surface area contributed by atoms with Crippen molar-refractivity contribution in [2.45, 2.75) is 24.5 Å². The third-order valence-corrected chi connectivity index (χ3v) is 4.15. The Bertz CT molecular complexity index is 544. The Hall–Kier alpha value is -1.34. The van der Waals surface area contributed by atoms with Gasteiger partial charge in [0, 0.05) is 4.47 Å². The van der Waals surface area contributed by atoms with Crippen LogP contribution in [0.3, 0.4) is 0 Å². The topological polar surface area (TPSA) is 70.7 Å². The quantitative estimate of drug-likeness (QED) is 0.782. The average molecular weight is 355 g/mol. The fourth-order valence-corrected chi connectivity index (χ4v) is 2.60. The lowest BCUT2D eigenvalue weighted by Gasteiger charge is -2.17. The van der Waals surface area contributed by atoms with Crippen LogP contribution in [-0.2, 0) is 4.79 Å². The van der Waals surface area contributed by atoms with Gasteiger partial charge in [-0.05, 0) is 24.1 Å². The number of carbonyl (C=O) groups is 1.